The maximum absolute atomic E-state index is 13.2. The van der Waals surface area contributed by atoms with Crippen LogP contribution in [0.5, 0.6) is 0 Å². The molecule has 0 heterocycles. The van der Waals surface area contributed by atoms with Crippen molar-refractivity contribution >= 4 is 5.97 Å². The number of benzene rings is 2. The number of rotatable bonds is 4. The number of ether oxygens (including phenoxy) is 1. The van der Waals surface area contributed by atoms with Crippen LogP contribution in [0.25, 0.3) is 0 Å². The second kappa shape index (κ2) is 6.30. The second-order valence-electron chi connectivity index (χ2n) is 5.70. The fourth-order valence-electron chi connectivity index (χ4n) is 3.42. The van der Waals surface area contributed by atoms with Crippen molar-refractivity contribution in [2.24, 2.45) is 5.92 Å². The number of esters is 1. The van der Waals surface area contributed by atoms with Crippen LogP contribution in [0, 0.1) is 11.7 Å². The molecule has 0 bridgehead atoms. The standard InChI is InChI=1S/C19H19FO2/c1-2-22-18(21)12-15-11-14-5-3-4-6-17(14)19(15)13-7-9-16(20)10-8-13/h3-10,15,19H,2,11-12H2,1H3/t15-,19-/m1/s1. The maximum Gasteiger partial charge on any atom is 0.306 e. The molecule has 1 aliphatic carbocycles. The summed E-state index contributed by atoms with van der Waals surface area (Å²) in [5, 5.41) is 0. The highest BCUT2D eigenvalue weighted by Crippen LogP contribution is 2.44. The predicted molar refractivity (Wildman–Crippen MR) is 83.1 cm³/mol. The van der Waals surface area contributed by atoms with Crippen LogP contribution in [0.3, 0.4) is 0 Å². The molecule has 114 valence electrons. The lowest BCUT2D eigenvalue weighted by Gasteiger charge is -2.20. The van der Waals surface area contributed by atoms with Crippen molar-refractivity contribution in [3.8, 4) is 0 Å². The molecule has 0 unspecified atom stereocenters. The first-order valence-corrected chi connectivity index (χ1v) is 7.68. The van der Waals surface area contributed by atoms with Gasteiger partial charge in [-0.25, -0.2) is 4.39 Å². The normalized spacial score (nSPS) is 19.7. The summed E-state index contributed by atoms with van der Waals surface area (Å²) < 4.78 is 18.3. The van der Waals surface area contributed by atoms with E-state index in [9.17, 15) is 9.18 Å². The highest BCUT2D eigenvalue weighted by atomic mass is 19.1. The summed E-state index contributed by atoms with van der Waals surface area (Å²) in [4.78, 5) is 11.9. The molecule has 0 saturated carbocycles. The molecule has 2 aromatic carbocycles. The van der Waals surface area contributed by atoms with Crippen LogP contribution in [0.1, 0.15) is 36.0 Å². The number of carbonyl (C=O) groups is 1. The Morgan fingerprint density at radius 3 is 2.64 bits per heavy atom. The molecule has 2 atom stereocenters. The molecule has 0 aromatic heterocycles. The summed E-state index contributed by atoms with van der Waals surface area (Å²) in [5.74, 6) is -0.104. The molecule has 2 nitrogen and oxygen atoms in total. The van der Waals surface area contributed by atoms with Gasteiger partial charge in [-0.1, -0.05) is 36.4 Å². The van der Waals surface area contributed by atoms with Crippen LogP contribution in [0.2, 0.25) is 0 Å². The first-order valence-electron chi connectivity index (χ1n) is 7.68. The molecule has 2 aromatic rings. The summed E-state index contributed by atoms with van der Waals surface area (Å²) in [7, 11) is 0. The molecule has 0 aliphatic heterocycles. The molecule has 0 N–H and O–H groups in total. The predicted octanol–water partition coefficient (Wildman–Crippen LogP) is 4.08. The lowest BCUT2D eigenvalue weighted by Crippen LogP contribution is -2.16. The zero-order chi connectivity index (χ0) is 15.5. The highest BCUT2D eigenvalue weighted by molar-refractivity contribution is 5.70. The number of hydrogen-bond acceptors (Lipinski definition) is 2. The quantitative estimate of drug-likeness (QED) is 0.795. The van der Waals surface area contributed by atoms with Gasteiger partial charge in [-0.15, -0.1) is 0 Å². The zero-order valence-corrected chi connectivity index (χ0v) is 12.6. The monoisotopic (exact) mass is 298 g/mol. The van der Waals surface area contributed by atoms with E-state index in [1.165, 1.54) is 23.3 Å². The molecule has 3 rings (SSSR count). The lowest BCUT2D eigenvalue weighted by atomic mass is 9.84. The summed E-state index contributed by atoms with van der Waals surface area (Å²) in [6.45, 7) is 2.22. The molecule has 1 aliphatic rings. The van der Waals surface area contributed by atoms with Crippen LogP contribution < -0.4 is 0 Å². The largest absolute Gasteiger partial charge is 0.466 e. The molecule has 0 fully saturated rings. The summed E-state index contributed by atoms with van der Waals surface area (Å²) in [5.41, 5.74) is 3.56. The van der Waals surface area contributed by atoms with Crippen molar-refractivity contribution in [2.75, 3.05) is 6.61 Å². The average Bonchev–Trinajstić information content (AvgIpc) is 2.86. The highest BCUT2D eigenvalue weighted by Gasteiger charge is 2.34. The van der Waals surface area contributed by atoms with Crippen molar-refractivity contribution in [2.45, 2.75) is 25.7 Å². The topological polar surface area (TPSA) is 26.3 Å². The molecule has 22 heavy (non-hydrogen) atoms. The van der Waals surface area contributed by atoms with E-state index in [1.807, 2.05) is 31.2 Å². The molecule has 0 radical (unpaired) electrons. The minimum Gasteiger partial charge on any atom is -0.466 e. The minimum absolute atomic E-state index is 0.126. The Morgan fingerprint density at radius 1 is 1.18 bits per heavy atom. The van der Waals surface area contributed by atoms with Gasteiger partial charge in [-0.2, -0.15) is 0 Å². The lowest BCUT2D eigenvalue weighted by molar-refractivity contribution is -0.144. The van der Waals surface area contributed by atoms with Gasteiger partial charge in [-0.05, 0) is 48.1 Å². The first kappa shape index (κ1) is 14.8. The molecule has 0 saturated heterocycles. The molecule has 0 spiro atoms. The van der Waals surface area contributed by atoms with E-state index in [-0.39, 0.29) is 23.6 Å². The third kappa shape index (κ3) is 2.89. The maximum atomic E-state index is 13.2. The molecular formula is C19H19FO2. The summed E-state index contributed by atoms with van der Waals surface area (Å²) in [6, 6.07) is 14.9. The van der Waals surface area contributed by atoms with E-state index >= 15 is 0 Å². The van der Waals surface area contributed by atoms with E-state index in [2.05, 4.69) is 12.1 Å². The van der Waals surface area contributed by atoms with E-state index < -0.39 is 0 Å². The Balaban J connectivity index is 1.93. The Bertz CT molecular complexity index is 663. The number of halogens is 1. The Morgan fingerprint density at radius 2 is 1.91 bits per heavy atom. The van der Waals surface area contributed by atoms with E-state index in [0.717, 1.165) is 12.0 Å². The summed E-state index contributed by atoms with van der Waals surface area (Å²) in [6.07, 6.45) is 1.25. The van der Waals surface area contributed by atoms with Crippen LogP contribution in [-0.4, -0.2) is 12.6 Å². The Kier molecular flexibility index (Phi) is 4.23. The number of hydrogen-bond donors (Lipinski definition) is 0. The minimum atomic E-state index is -0.239. The fourth-order valence-corrected chi connectivity index (χ4v) is 3.42. The average molecular weight is 298 g/mol. The van der Waals surface area contributed by atoms with Crippen molar-refractivity contribution in [1.82, 2.24) is 0 Å². The molecule has 0 amide bonds. The third-order valence-electron chi connectivity index (χ3n) is 4.31. The number of fused-ring (bicyclic) bond motifs is 1. The first-order chi connectivity index (χ1) is 10.7. The molecular weight excluding hydrogens is 279 g/mol. The van der Waals surface area contributed by atoms with Crippen molar-refractivity contribution in [3.63, 3.8) is 0 Å². The van der Waals surface area contributed by atoms with Crippen molar-refractivity contribution in [3.05, 3.63) is 71.0 Å². The van der Waals surface area contributed by atoms with Gasteiger partial charge < -0.3 is 4.74 Å². The van der Waals surface area contributed by atoms with E-state index in [4.69, 9.17) is 4.74 Å². The fraction of sp³-hybridized carbons (Fsp3) is 0.316. The van der Waals surface area contributed by atoms with Gasteiger partial charge in [0.1, 0.15) is 5.82 Å². The van der Waals surface area contributed by atoms with Crippen molar-refractivity contribution in [1.29, 1.82) is 0 Å². The second-order valence-corrected chi connectivity index (χ2v) is 5.70. The van der Waals surface area contributed by atoms with E-state index in [1.54, 1.807) is 0 Å². The van der Waals surface area contributed by atoms with Gasteiger partial charge in [0.05, 0.1) is 6.61 Å². The van der Waals surface area contributed by atoms with Crippen molar-refractivity contribution < 1.29 is 13.9 Å². The third-order valence-corrected chi connectivity index (χ3v) is 4.31. The van der Waals surface area contributed by atoms with Crippen LogP contribution in [0.15, 0.2) is 48.5 Å². The smallest absolute Gasteiger partial charge is 0.306 e. The van der Waals surface area contributed by atoms with E-state index in [0.29, 0.717) is 13.0 Å². The molecule has 3 heteroatoms. The zero-order valence-electron chi connectivity index (χ0n) is 12.6. The van der Waals surface area contributed by atoms with Crippen LogP contribution in [0.4, 0.5) is 4.39 Å². The van der Waals surface area contributed by atoms with Gasteiger partial charge in [-0.3, -0.25) is 4.79 Å². The van der Waals surface area contributed by atoms with Gasteiger partial charge in [0.25, 0.3) is 0 Å². The van der Waals surface area contributed by atoms with Crippen LogP contribution in [-0.2, 0) is 16.0 Å². The Labute approximate surface area is 129 Å². The SMILES string of the molecule is CCOC(=O)C[C@H]1Cc2ccccc2[C@@H]1c1ccc(F)cc1. The Hall–Kier alpha value is -2.16. The van der Waals surface area contributed by atoms with Crippen LogP contribution >= 0.6 is 0 Å². The number of carbonyl (C=O) groups excluding carboxylic acids is 1. The van der Waals surface area contributed by atoms with Gasteiger partial charge in [0, 0.05) is 12.3 Å². The van der Waals surface area contributed by atoms with Gasteiger partial charge >= 0.3 is 5.97 Å². The van der Waals surface area contributed by atoms with Gasteiger partial charge in [0.15, 0.2) is 0 Å². The van der Waals surface area contributed by atoms with Gasteiger partial charge in [0.2, 0.25) is 0 Å². The summed E-state index contributed by atoms with van der Waals surface area (Å²) >= 11 is 0.